The van der Waals surface area contributed by atoms with Crippen molar-refractivity contribution in [2.45, 2.75) is 13.8 Å². The van der Waals surface area contributed by atoms with Gasteiger partial charge >= 0.3 is 12.2 Å². The van der Waals surface area contributed by atoms with Gasteiger partial charge in [0.1, 0.15) is 0 Å². The average Bonchev–Trinajstić information content (AvgIpc) is 2.05. The first-order valence-corrected chi connectivity index (χ1v) is 3.87. The molecule has 0 aromatic rings. The van der Waals surface area contributed by atoms with Crippen LogP contribution in [0.5, 0.6) is 0 Å². The van der Waals surface area contributed by atoms with Crippen LogP contribution in [-0.2, 0) is 14.3 Å². The highest BCUT2D eigenvalue weighted by molar-refractivity contribution is 5.69. The Bertz CT molecular complexity index is 182. The van der Waals surface area contributed by atoms with Crippen molar-refractivity contribution in [3.05, 3.63) is 0 Å². The summed E-state index contributed by atoms with van der Waals surface area (Å²) in [4.78, 5) is 25.9. The van der Waals surface area contributed by atoms with Crippen LogP contribution in [0.1, 0.15) is 13.8 Å². The molecule has 0 saturated carbocycles. The van der Waals surface area contributed by atoms with Crippen LogP contribution in [0, 0.1) is 0 Å². The van der Waals surface area contributed by atoms with Gasteiger partial charge in [-0.1, -0.05) is 0 Å². The molecule has 0 rings (SSSR count). The molecule has 0 bridgehead atoms. The molecule has 0 unspecified atom stereocenters. The highest BCUT2D eigenvalue weighted by Crippen LogP contribution is 1.94. The fourth-order valence-electron chi connectivity index (χ4n) is 0.508. The van der Waals surface area contributed by atoms with Gasteiger partial charge in [-0.2, -0.15) is 0 Å². The minimum atomic E-state index is -0.932. The number of nitrogens with zero attached hydrogens (tertiary/aromatic N) is 1. The van der Waals surface area contributed by atoms with Crippen LogP contribution in [0.15, 0.2) is 0 Å². The van der Waals surface area contributed by atoms with Crippen LogP contribution < -0.4 is 0 Å². The van der Waals surface area contributed by atoms with E-state index in [1.807, 2.05) is 0 Å². The van der Waals surface area contributed by atoms with Gasteiger partial charge in [0, 0.05) is 0 Å². The molecular formula is C7H13NO5. The van der Waals surface area contributed by atoms with Crippen molar-refractivity contribution < 1.29 is 23.9 Å². The average molecular weight is 191 g/mol. The normalized spacial score (nSPS) is 8.85. The van der Waals surface area contributed by atoms with E-state index in [9.17, 15) is 9.59 Å². The number of carbonyl (C=O) groups is 2. The number of hydrogen-bond acceptors (Lipinski definition) is 5. The molecule has 0 spiro atoms. The predicted molar refractivity (Wildman–Crippen MR) is 42.9 cm³/mol. The van der Waals surface area contributed by atoms with E-state index in [4.69, 9.17) is 0 Å². The molecular weight excluding hydrogens is 178 g/mol. The molecule has 0 aromatic heterocycles. The zero-order valence-corrected chi connectivity index (χ0v) is 7.90. The Morgan fingerprint density at radius 2 is 1.69 bits per heavy atom. The quantitative estimate of drug-likeness (QED) is 0.484. The molecule has 0 aliphatic rings. The van der Waals surface area contributed by atoms with Gasteiger partial charge in [0.25, 0.3) is 0 Å². The van der Waals surface area contributed by atoms with Crippen LogP contribution in [0.4, 0.5) is 9.59 Å². The molecule has 0 atom stereocenters. The fourth-order valence-corrected chi connectivity index (χ4v) is 0.508. The van der Waals surface area contributed by atoms with Gasteiger partial charge < -0.3 is 14.3 Å². The molecule has 1 amide bonds. The van der Waals surface area contributed by atoms with E-state index in [2.05, 4.69) is 14.3 Å². The minimum Gasteiger partial charge on any atom is -0.448 e. The molecule has 0 radical (unpaired) electrons. The summed E-state index contributed by atoms with van der Waals surface area (Å²) in [7, 11) is 1.26. The van der Waals surface area contributed by atoms with E-state index in [-0.39, 0.29) is 13.2 Å². The van der Waals surface area contributed by atoms with Gasteiger partial charge in [-0.05, 0) is 13.8 Å². The van der Waals surface area contributed by atoms with Gasteiger partial charge in [-0.25, -0.2) is 9.59 Å². The summed E-state index contributed by atoms with van der Waals surface area (Å²) in [6, 6.07) is 0. The Balaban J connectivity index is 3.78. The van der Waals surface area contributed by atoms with Crippen LogP contribution in [-0.4, -0.2) is 37.6 Å². The van der Waals surface area contributed by atoms with Crippen LogP contribution in [0.3, 0.4) is 0 Å². The molecule has 0 aliphatic carbocycles. The summed E-state index contributed by atoms with van der Waals surface area (Å²) in [5.74, 6) is 0. The van der Waals surface area contributed by atoms with Crippen LogP contribution in [0.2, 0.25) is 0 Å². The van der Waals surface area contributed by atoms with E-state index >= 15 is 0 Å². The number of ether oxygens (including phenoxy) is 2. The summed E-state index contributed by atoms with van der Waals surface area (Å²) in [6.45, 7) is 3.69. The standard InChI is InChI=1S/C7H13NO5/c1-4-11-6(9)8(3)13-7(10)12-5-2/h4-5H2,1-3H3. The molecule has 6 nitrogen and oxygen atoms in total. The molecule has 6 heteroatoms. The highest BCUT2D eigenvalue weighted by Gasteiger charge is 2.15. The van der Waals surface area contributed by atoms with Crippen molar-refractivity contribution in [3.63, 3.8) is 0 Å². The Morgan fingerprint density at radius 3 is 2.15 bits per heavy atom. The summed E-state index contributed by atoms with van der Waals surface area (Å²) in [5, 5.41) is 0.668. The van der Waals surface area contributed by atoms with E-state index < -0.39 is 12.2 Å². The van der Waals surface area contributed by atoms with Gasteiger partial charge in [0.2, 0.25) is 0 Å². The molecule has 0 heterocycles. The smallest absolute Gasteiger partial charge is 0.448 e. The third-order valence-electron chi connectivity index (χ3n) is 0.999. The second-order valence-electron chi connectivity index (χ2n) is 1.97. The number of amides is 1. The first-order valence-electron chi connectivity index (χ1n) is 3.87. The maximum Gasteiger partial charge on any atom is 0.533 e. The molecule has 0 aliphatic heterocycles. The number of carbonyl (C=O) groups excluding carboxylic acids is 2. The van der Waals surface area contributed by atoms with E-state index in [1.54, 1.807) is 13.8 Å². The fraction of sp³-hybridized carbons (Fsp3) is 0.714. The third kappa shape index (κ3) is 4.89. The van der Waals surface area contributed by atoms with Crippen molar-refractivity contribution in [2.75, 3.05) is 20.3 Å². The van der Waals surface area contributed by atoms with Gasteiger partial charge in [0.15, 0.2) is 0 Å². The lowest BCUT2D eigenvalue weighted by Gasteiger charge is -2.14. The molecule has 0 fully saturated rings. The summed E-state index contributed by atoms with van der Waals surface area (Å²) in [5.41, 5.74) is 0. The van der Waals surface area contributed by atoms with Crippen LogP contribution >= 0.6 is 0 Å². The number of hydrogen-bond donors (Lipinski definition) is 0. The Kier molecular flexibility index (Phi) is 5.42. The van der Waals surface area contributed by atoms with Crippen molar-refractivity contribution in [3.8, 4) is 0 Å². The lowest BCUT2D eigenvalue weighted by Crippen LogP contribution is -2.30. The van der Waals surface area contributed by atoms with E-state index in [0.29, 0.717) is 5.06 Å². The molecule has 76 valence electrons. The van der Waals surface area contributed by atoms with Crippen molar-refractivity contribution in [1.82, 2.24) is 5.06 Å². The summed E-state index contributed by atoms with van der Waals surface area (Å²) < 4.78 is 8.97. The number of hydroxylamine groups is 2. The number of rotatable bonds is 2. The van der Waals surface area contributed by atoms with E-state index in [1.165, 1.54) is 7.05 Å². The predicted octanol–water partition coefficient (Wildman–Crippen LogP) is 1.16. The van der Waals surface area contributed by atoms with Gasteiger partial charge in [0.05, 0.1) is 20.3 Å². The minimum absolute atomic E-state index is 0.190. The lowest BCUT2D eigenvalue weighted by atomic mass is 10.9. The first kappa shape index (κ1) is 11.5. The second kappa shape index (κ2) is 6.10. The largest absolute Gasteiger partial charge is 0.533 e. The first-order chi connectivity index (χ1) is 6.11. The maximum atomic E-state index is 10.9. The molecule has 0 aromatic carbocycles. The summed E-state index contributed by atoms with van der Waals surface area (Å²) >= 11 is 0. The summed E-state index contributed by atoms with van der Waals surface area (Å²) in [6.07, 6.45) is -1.67. The Morgan fingerprint density at radius 1 is 1.15 bits per heavy atom. The van der Waals surface area contributed by atoms with Crippen LogP contribution in [0.25, 0.3) is 0 Å². The highest BCUT2D eigenvalue weighted by atomic mass is 16.8. The monoisotopic (exact) mass is 191 g/mol. The van der Waals surface area contributed by atoms with Gasteiger partial charge in [-0.15, -0.1) is 5.06 Å². The van der Waals surface area contributed by atoms with Gasteiger partial charge in [-0.3, -0.25) is 0 Å². The van der Waals surface area contributed by atoms with E-state index in [0.717, 1.165) is 0 Å². The van der Waals surface area contributed by atoms with Crippen molar-refractivity contribution in [2.24, 2.45) is 0 Å². The topological polar surface area (TPSA) is 65.1 Å². The van der Waals surface area contributed by atoms with Crippen molar-refractivity contribution in [1.29, 1.82) is 0 Å². The zero-order valence-electron chi connectivity index (χ0n) is 7.90. The second-order valence-corrected chi connectivity index (χ2v) is 1.97. The zero-order chi connectivity index (χ0) is 10.3. The SMILES string of the molecule is CCOC(=O)ON(C)C(=O)OCC. The molecule has 13 heavy (non-hydrogen) atoms. The van der Waals surface area contributed by atoms with Crippen molar-refractivity contribution >= 4 is 12.2 Å². The lowest BCUT2D eigenvalue weighted by molar-refractivity contribution is -0.0935. The maximum absolute atomic E-state index is 10.9. The Hall–Kier alpha value is -1.46. The Labute approximate surface area is 76.3 Å². The third-order valence-corrected chi connectivity index (χ3v) is 0.999. The molecule has 0 saturated heterocycles. The molecule has 0 N–H and O–H groups in total.